The predicted octanol–water partition coefficient (Wildman–Crippen LogP) is 1.90. The minimum atomic E-state index is -0.0730. The maximum atomic E-state index is 12.6. The van der Waals surface area contributed by atoms with Crippen molar-refractivity contribution in [3.8, 4) is 0 Å². The summed E-state index contributed by atoms with van der Waals surface area (Å²) in [4.78, 5) is 14.8. The Kier molecular flexibility index (Phi) is 6.40. The number of rotatable bonds is 6. The highest BCUT2D eigenvalue weighted by atomic mass is 16.2. The number of hydrogen-bond acceptors (Lipinski definition) is 4. The molecule has 2 atom stereocenters. The van der Waals surface area contributed by atoms with Crippen LogP contribution in [0.5, 0.6) is 0 Å². The summed E-state index contributed by atoms with van der Waals surface area (Å²) >= 11 is 0. The smallest absolute Gasteiger partial charge is 0.272 e. The largest absolute Gasteiger partial charge is 0.347 e. The molecule has 1 aromatic heterocycles. The summed E-state index contributed by atoms with van der Waals surface area (Å²) in [5.74, 6) is -0.0730. The van der Waals surface area contributed by atoms with Crippen molar-refractivity contribution in [1.82, 2.24) is 25.3 Å². The van der Waals surface area contributed by atoms with Gasteiger partial charge in [0.1, 0.15) is 5.69 Å². The standard InChI is InChI=1S/C18H33N5O/c1-18(2,3)16(9-11-22(4)5)20-17(24)15-8-12-23(21-15)14-7-6-10-19-13-14/h8,12,14,16,19H,6-7,9-11,13H2,1-5H3,(H,20,24). The van der Waals surface area contributed by atoms with Crippen molar-refractivity contribution in [2.24, 2.45) is 5.41 Å². The minimum absolute atomic E-state index is 0.0154. The van der Waals surface area contributed by atoms with Crippen LogP contribution in [0.4, 0.5) is 0 Å². The fourth-order valence-corrected chi connectivity index (χ4v) is 3.06. The Hall–Kier alpha value is -1.40. The molecule has 1 saturated heterocycles. The molecule has 6 nitrogen and oxygen atoms in total. The lowest BCUT2D eigenvalue weighted by Gasteiger charge is -2.32. The second kappa shape index (κ2) is 8.12. The Bertz CT molecular complexity index is 526. The molecule has 0 spiro atoms. The van der Waals surface area contributed by atoms with Crippen molar-refractivity contribution < 1.29 is 4.79 Å². The number of carbonyl (C=O) groups excluding carboxylic acids is 1. The van der Waals surface area contributed by atoms with Crippen LogP contribution < -0.4 is 10.6 Å². The summed E-state index contributed by atoms with van der Waals surface area (Å²) in [6, 6.07) is 2.30. The lowest BCUT2D eigenvalue weighted by Crippen LogP contribution is -2.45. The first-order valence-electron chi connectivity index (χ1n) is 8.99. The average molecular weight is 335 g/mol. The second-order valence-corrected chi connectivity index (χ2v) is 8.17. The molecule has 1 aliphatic heterocycles. The molecule has 1 amide bonds. The third-order valence-electron chi connectivity index (χ3n) is 4.70. The van der Waals surface area contributed by atoms with Crippen LogP contribution in [-0.2, 0) is 0 Å². The number of nitrogens with zero attached hydrogens (tertiary/aromatic N) is 3. The summed E-state index contributed by atoms with van der Waals surface area (Å²) < 4.78 is 1.94. The third-order valence-corrected chi connectivity index (χ3v) is 4.70. The van der Waals surface area contributed by atoms with Crippen molar-refractivity contribution in [2.45, 2.75) is 52.1 Å². The Balaban J connectivity index is 2.00. The van der Waals surface area contributed by atoms with E-state index >= 15 is 0 Å². The van der Waals surface area contributed by atoms with Gasteiger partial charge >= 0.3 is 0 Å². The normalized spacial score (nSPS) is 20.2. The highest BCUT2D eigenvalue weighted by Crippen LogP contribution is 2.22. The third kappa shape index (κ3) is 5.31. The molecule has 0 bridgehead atoms. The number of amides is 1. The van der Waals surface area contributed by atoms with E-state index in [1.165, 1.54) is 0 Å². The molecule has 0 radical (unpaired) electrons. The van der Waals surface area contributed by atoms with E-state index in [0.717, 1.165) is 38.9 Å². The molecule has 2 unspecified atom stereocenters. The molecule has 6 heteroatoms. The summed E-state index contributed by atoms with van der Waals surface area (Å²) in [6.45, 7) is 9.45. The fraction of sp³-hybridized carbons (Fsp3) is 0.778. The van der Waals surface area contributed by atoms with Gasteiger partial charge in [0, 0.05) is 18.8 Å². The summed E-state index contributed by atoms with van der Waals surface area (Å²) in [6.07, 6.45) is 5.12. The van der Waals surface area contributed by atoms with E-state index < -0.39 is 0 Å². The Morgan fingerprint density at radius 3 is 2.83 bits per heavy atom. The lowest BCUT2D eigenvalue weighted by molar-refractivity contribution is 0.0886. The first-order valence-corrected chi connectivity index (χ1v) is 8.99. The number of aromatic nitrogens is 2. The van der Waals surface area contributed by atoms with Crippen LogP contribution in [0.3, 0.4) is 0 Å². The van der Waals surface area contributed by atoms with E-state index in [-0.39, 0.29) is 17.4 Å². The monoisotopic (exact) mass is 335 g/mol. The van der Waals surface area contributed by atoms with Gasteiger partial charge in [0.05, 0.1) is 6.04 Å². The van der Waals surface area contributed by atoms with Gasteiger partial charge in [-0.3, -0.25) is 9.48 Å². The lowest BCUT2D eigenvalue weighted by atomic mass is 9.84. The van der Waals surface area contributed by atoms with Crippen molar-refractivity contribution in [2.75, 3.05) is 33.7 Å². The number of piperidine rings is 1. The summed E-state index contributed by atoms with van der Waals surface area (Å²) in [5.41, 5.74) is 0.529. The van der Waals surface area contributed by atoms with Crippen molar-refractivity contribution in [3.63, 3.8) is 0 Å². The zero-order valence-electron chi connectivity index (χ0n) is 15.8. The topological polar surface area (TPSA) is 62.2 Å². The maximum Gasteiger partial charge on any atom is 0.272 e. The van der Waals surface area contributed by atoms with Gasteiger partial charge in [-0.1, -0.05) is 20.8 Å². The summed E-state index contributed by atoms with van der Waals surface area (Å²) in [5, 5.41) is 11.1. The number of hydrogen-bond donors (Lipinski definition) is 2. The van der Waals surface area contributed by atoms with Crippen LogP contribution in [0, 0.1) is 5.41 Å². The average Bonchev–Trinajstić information content (AvgIpc) is 3.00. The zero-order chi connectivity index (χ0) is 17.7. The fourth-order valence-electron chi connectivity index (χ4n) is 3.06. The van der Waals surface area contributed by atoms with Crippen molar-refractivity contribution >= 4 is 5.91 Å². The maximum absolute atomic E-state index is 12.6. The van der Waals surface area contributed by atoms with Gasteiger partial charge in [0.2, 0.25) is 0 Å². The van der Waals surface area contributed by atoms with E-state index in [2.05, 4.69) is 55.5 Å². The Morgan fingerprint density at radius 1 is 1.50 bits per heavy atom. The van der Waals surface area contributed by atoms with Gasteiger partial charge in [-0.25, -0.2) is 0 Å². The highest BCUT2D eigenvalue weighted by molar-refractivity contribution is 5.92. The number of carbonyl (C=O) groups is 1. The minimum Gasteiger partial charge on any atom is -0.347 e. The molecule has 1 aromatic rings. The first-order chi connectivity index (χ1) is 11.3. The van der Waals surface area contributed by atoms with E-state index in [1.807, 2.05) is 16.9 Å². The van der Waals surface area contributed by atoms with Crippen LogP contribution in [0.2, 0.25) is 0 Å². The molecule has 0 aliphatic carbocycles. The molecular weight excluding hydrogens is 302 g/mol. The van der Waals surface area contributed by atoms with Crippen LogP contribution >= 0.6 is 0 Å². The quantitative estimate of drug-likeness (QED) is 0.833. The van der Waals surface area contributed by atoms with Crippen LogP contribution in [-0.4, -0.2) is 60.4 Å². The van der Waals surface area contributed by atoms with Gasteiger partial charge in [-0.15, -0.1) is 0 Å². The van der Waals surface area contributed by atoms with Crippen LogP contribution in [0.15, 0.2) is 12.3 Å². The molecule has 24 heavy (non-hydrogen) atoms. The van der Waals surface area contributed by atoms with Crippen molar-refractivity contribution in [1.29, 1.82) is 0 Å². The van der Waals surface area contributed by atoms with Gasteiger partial charge in [0.25, 0.3) is 5.91 Å². The molecule has 0 aromatic carbocycles. The van der Waals surface area contributed by atoms with Gasteiger partial charge in [-0.05, 0) is 57.9 Å². The van der Waals surface area contributed by atoms with E-state index in [0.29, 0.717) is 11.7 Å². The highest BCUT2D eigenvalue weighted by Gasteiger charge is 2.27. The van der Waals surface area contributed by atoms with Gasteiger partial charge in [0.15, 0.2) is 0 Å². The Labute approximate surface area is 146 Å². The molecular formula is C18H33N5O. The zero-order valence-corrected chi connectivity index (χ0v) is 15.8. The van der Waals surface area contributed by atoms with Crippen LogP contribution in [0.1, 0.15) is 56.6 Å². The van der Waals surface area contributed by atoms with Gasteiger partial charge in [-0.2, -0.15) is 5.10 Å². The SMILES string of the molecule is CN(C)CCC(NC(=O)c1ccn(C2CCCNC2)n1)C(C)(C)C. The van der Waals surface area contributed by atoms with E-state index in [1.54, 1.807) is 0 Å². The molecule has 1 aliphatic rings. The summed E-state index contributed by atoms with van der Waals surface area (Å²) in [7, 11) is 4.11. The van der Waals surface area contributed by atoms with Gasteiger partial charge < -0.3 is 15.5 Å². The molecule has 2 N–H and O–H groups in total. The van der Waals surface area contributed by atoms with Crippen LogP contribution in [0.25, 0.3) is 0 Å². The van der Waals surface area contributed by atoms with Crippen molar-refractivity contribution in [3.05, 3.63) is 18.0 Å². The predicted molar refractivity (Wildman–Crippen MR) is 97.2 cm³/mol. The first kappa shape index (κ1) is 18.9. The van der Waals surface area contributed by atoms with E-state index in [9.17, 15) is 4.79 Å². The molecule has 136 valence electrons. The Morgan fingerprint density at radius 2 is 2.25 bits per heavy atom. The molecule has 1 fully saturated rings. The second-order valence-electron chi connectivity index (χ2n) is 8.17. The molecule has 2 heterocycles. The molecule has 0 saturated carbocycles. The molecule has 2 rings (SSSR count). The number of nitrogens with one attached hydrogen (secondary N) is 2. The van der Waals surface area contributed by atoms with E-state index in [4.69, 9.17) is 0 Å².